The van der Waals surface area contributed by atoms with Crippen LogP contribution in [0.15, 0.2) is 40.9 Å². The van der Waals surface area contributed by atoms with Gasteiger partial charge in [0.15, 0.2) is 0 Å². The highest BCUT2D eigenvalue weighted by Gasteiger charge is 2.33. The number of carboxylic acids is 1. The number of aliphatic carboxylic acids is 1. The molecule has 0 bridgehead atoms. The Balaban J connectivity index is 2.12. The average molecular weight is 487 g/mol. The fourth-order valence-corrected chi connectivity index (χ4v) is 4.64. The van der Waals surface area contributed by atoms with Crippen LogP contribution >= 0.6 is 39.1 Å². The van der Waals surface area contributed by atoms with E-state index in [1.807, 2.05) is 37.3 Å². The number of piperidine rings is 1. The van der Waals surface area contributed by atoms with E-state index in [2.05, 4.69) is 20.8 Å². The molecule has 1 saturated heterocycles. The summed E-state index contributed by atoms with van der Waals surface area (Å²) in [5.74, 6) is -0.394. The molecule has 0 saturated carbocycles. The summed E-state index contributed by atoms with van der Waals surface area (Å²) in [6, 6.07) is 11.1. The number of carbonyl (C=O) groups is 1. The Hall–Kier alpha value is -1.27. The number of hydrogen-bond donors (Lipinski definition) is 1. The Labute approximate surface area is 183 Å². The Morgan fingerprint density at radius 1 is 1.29 bits per heavy atom. The van der Waals surface area contributed by atoms with Crippen molar-refractivity contribution in [1.29, 1.82) is 0 Å². The minimum Gasteiger partial charge on any atom is -0.494 e. The molecule has 1 fully saturated rings. The van der Waals surface area contributed by atoms with E-state index in [4.69, 9.17) is 27.9 Å². The summed E-state index contributed by atoms with van der Waals surface area (Å²) < 4.78 is 6.81. The van der Waals surface area contributed by atoms with E-state index in [9.17, 15) is 9.90 Å². The minimum absolute atomic E-state index is 0.231. The SMILES string of the molecule is CCOc1ccc(Br)cc1C(c1ccc(Cl)cc1Cl)N1CCCC(C(=O)O)C1. The fourth-order valence-electron chi connectivity index (χ4n) is 3.75. The van der Waals surface area contributed by atoms with Gasteiger partial charge < -0.3 is 9.84 Å². The third kappa shape index (κ3) is 4.82. The van der Waals surface area contributed by atoms with Crippen LogP contribution < -0.4 is 4.74 Å². The van der Waals surface area contributed by atoms with Crippen molar-refractivity contribution >= 4 is 45.1 Å². The average Bonchev–Trinajstić information content (AvgIpc) is 2.66. The first-order valence-corrected chi connectivity index (χ1v) is 10.8. The fraction of sp³-hybridized carbons (Fsp3) is 0.381. The van der Waals surface area contributed by atoms with Crippen LogP contribution in [0.3, 0.4) is 0 Å². The number of nitrogens with zero attached hydrogens (tertiary/aromatic N) is 1. The second kappa shape index (κ2) is 9.49. The molecule has 3 rings (SSSR count). The van der Waals surface area contributed by atoms with E-state index >= 15 is 0 Å². The lowest BCUT2D eigenvalue weighted by atomic mass is 9.91. The van der Waals surface area contributed by atoms with Crippen LogP contribution in [0.5, 0.6) is 5.75 Å². The highest BCUT2D eigenvalue weighted by Crippen LogP contribution is 2.41. The monoisotopic (exact) mass is 485 g/mol. The van der Waals surface area contributed by atoms with E-state index in [1.165, 1.54) is 0 Å². The van der Waals surface area contributed by atoms with Crippen molar-refractivity contribution in [3.05, 3.63) is 62.0 Å². The molecule has 2 aromatic rings. The molecule has 1 heterocycles. The summed E-state index contributed by atoms with van der Waals surface area (Å²) >= 11 is 16.3. The molecule has 2 unspecified atom stereocenters. The largest absolute Gasteiger partial charge is 0.494 e. The molecular weight excluding hydrogens is 465 g/mol. The molecule has 0 aliphatic carbocycles. The van der Waals surface area contributed by atoms with Gasteiger partial charge in [-0.15, -0.1) is 0 Å². The maximum Gasteiger partial charge on any atom is 0.307 e. The lowest BCUT2D eigenvalue weighted by Crippen LogP contribution is -2.41. The Kier molecular flexibility index (Phi) is 7.26. The summed E-state index contributed by atoms with van der Waals surface area (Å²) in [4.78, 5) is 13.8. The van der Waals surface area contributed by atoms with Crippen LogP contribution in [0.2, 0.25) is 10.0 Å². The van der Waals surface area contributed by atoms with E-state index in [0.717, 1.165) is 34.3 Å². The topological polar surface area (TPSA) is 49.8 Å². The van der Waals surface area contributed by atoms with Crippen LogP contribution in [0, 0.1) is 5.92 Å². The van der Waals surface area contributed by atoms with Crippen molar-refractivity contribution in [3.63, 3.8) is 0 Å². The van der Waals surface area contributed by atoms with E-state index in [0.29, 0.717) is 29.6 Å². The smallest absolute Gasteiger partial charge is 0.307 e. The first-order chi connectivity index (χ1) is 13.4. The van der Waals surface area contributed by atoms with Gasteiger partial charge in [0.2, 0.25) is 0 Å². The van der Waals surface area contributed by atoms with Gasteiger partial charge in [-0.25, -0.2) is 0 Å². The van der Waals surface area contributed by atoms with E-state index in [-0.39, 0.29) is 6.04 Å². The highest BCUT2D eigenvalue weighted by atomic mass is 79.9. The zero-order chi connectivity index (χ0) is 20.3. The number of hydrogen-bond acceptors (Lipinski definition) is 3. The zero-order valence-electron chi connectivity index (χ0n) is 15.5. The molecule has 0 amide bonds. The summed E-state index contributed by atoms with van der Waals surface area (Å²) in [6.45, 7) is 3.72. The molecule has 1 aliphatic heterocycles. The molecule has 28 heavy (non-hydrogen) atoms. The molecule has 150 valence electrons. The molecule has 0 radical (unpaired) electrons. The predicted octanol–water partition coefficient (Wildman–Crippen LogP) is 6.04. The summed E-state index contributed by atoms with van der Waals surface area (Å²) in [7, 11) is 0. The number of benzene rings is 2. The van der Waals surface area contributed by atoms with Crippen LogP contribution in [-0.2, 0) is 4.79 Å². The molecule has 0 aromatic heterocycles. The molecule has 1 aliphatic rings. The van der Waals surface area contributed by atoms with Crippen molar-refractivity contribution < 1.29 is 14.6 Å². The first kappa shape index (κ1) is 21.4. The molecule has 7 heteroatoms. The lowest BCUT2D eigenvalue weighted by molar-refractivity contribution is -0.143. The van der Waals surface area contributed by atoms with Crippen LogP contribution in [0.4, 0.5) is 0 Å². The van der Waals surface area contributed by atoms with Gasteiger partial charge in [0.05, 0.1) is 18.6 Å². The molecular formula is C21H22BrCl2NO3. The van der Waals surface area contributed by atoms with Crippen LogP contribution in [0.1, 0.15) is 36.9 Å². The van der Waals surface area contributed by atoms with Crippen molar-refractivity contribution in [2.45, 2.75) is 25.8 Å². The van der Waals surface area contributed by atoms with Gasteiger partial charge in [-0.3, -0.25) is 9.69 Å². The van der Waals surface area contributed by atoms with Gasteiger partial charge in [0.1, 0.15) is 5.75 Å². The van der Waals surface area contributed by atoms with Gasteiger partial charge in [-0.2, -0.15) is 0 Å². The molecule has 4 nitrogen and oxygen atoms in total. The standard InChI is InChI=1S/C21H22BrCl2NO3/c1-2-28-19-8-5-14(22)10-17(19)20(16-7-6-15(23)11-18(16)24)25-9-3-4-13(12-25)21(26)27/h5-8,10-11,13,20H,2-4,9,12H2,1H3,(H,26,27). The van der Waals surface area contributed by atoms with Crippen molar-refractivity contribution in [1.82, 2.24) is 4.90 Å². The van der Waals surface area contributed by atoms with E-state index in [1.54, 1.807) is 6.07 Å². The number of ether oxygens (including phenoxy) is 1. The number of rotatable bonds is 6. The Morgan fingerprint density at radius 3 is 2.75 bits per heavy atom. The normalized spacial score (nSPS) is 18.6. The van der Waals surface area contributed by atoms with Gasteiger partial charge >= 0.3 is 5.97 Å². The third-order valence-corrected chi connectivity index (χ3v) is 6.05. The number of carboxylic acid groups (broad SMARTS) is 1. The zero-order valence-corrected chi connectivity index (χ0v) is 18.6. The Morgan fingerprint density at radius 2 is 2.07 bits per heavy atom. The molecule has 2 atom stereocenters. The molecule has 2 aromatic carbocycles. The lowest BCUT2D eigenvalue weighted by Gasteiger charge is -2.38. The van der Waals surface area contributed by atoms with Gasteiger partial charge in [-0.05, 0) is 62.2 Å². The van der Waals surface area contributed by atoms with Crippen LogP contribution in [0.25, 0.3) is 0 Å². The highest BCUT2D eigenvalue weighted by molar-refractivity contribution is 9.10. The Bertz CT molecular complexity index is 862. The van der Waals surface area contributed by atoms with Gasteiger partial charge in [-0.1, -0.05) is 45.2 Å². The number of likely N-dealkylation sites (tertiary alicyclic amines) is 1. The number of halogens is 3. The molecule has 0 spiro atoms. The van der Waals surface area contributed by atoms with Crippen LogP contribution in [-0.4, -0.2) is 35.7 Å². The van der Waals surface area contributed by atoms with Gasteiger partial charge in [0, 0.05) is 26.6 Å². The van der Waals surface area contributed by atoms with Gasteiger partial charge in [0.25, 0.3) is 0 Å². The maximum absolute atomic E-state index is 11.6. The summed E-state index contributed by atoms with van der Waals surface area (Å²) in [5, 5.41) is 10.7. The predicted molar refractivity (Wildman–Crippen MR) is 116 cm³/mol. The maximum atomic E-state index is 11.6. The van der Waals surface area contributed by atoms with E-state index < -0.39 is 11.9 Å². The van der Waals surface area contributed by atoms with Crippen molar-refractivity contribution in [2.75, 3.05) is 19.7 Å². The second-order valence-electron chi connectivity index (χ2n) is 6.86. The quantitative estimate of drug-likeness (QED) is 0.540. The molecule has 1 N–H and O–H groups in total. The van der Waals surface area contributed by atoms with Crippen molar-refractivity contribution in [3.8, 4) is 5.75 Å². The first-order valence-electron chi connectivity index (χ1n) is 9.24. The summed E-state index contributed by atoms with van der Waals surface area (Å²) in [5.41, 5.74) is 1.84. The third-order valence-electron chi connectivity index (χ3n) is 4.99. The minimum atomic E-state index is -0.759. The summed E-state index contributed by atoms with van der Waals surface area (Å²) in [6.07, 6.45) is 1.50. The van der Waals surface area contributed by atoms with Crippen molar-refractivity contribution in [2.24, 2.45) is 5.92 Å². The second-order valence-corrected chi connectivity index (χ2v) is 8.62.